The van der Waals surface area contributed by atoms with E-state index in [4.69, 9.17) is 9.47 Å². The maximum atomic E-state index is 13.2. The van der Waals surface area contributed by atoms with Gasteiger partial charge in [-0.15, -0.1) is 0 Å². The van der Waals surface area contributed by atoms with E-state index in [-0.39, 0.29) is 12.3 Å². The molecule has 0 spiro atoms. The maximum Gasteiger partial charge on any atom is 0.239 e. The molecular formula is C20H28N2O3. The van der Waals surface area contributed by atoms with Gasteiger partial charge in [0.05, 0.1) is 19.3 Å². The molecule has 0 aliphatic carbocycles. The second-order valence-electron chi connectivity index (χ2n) is 7.41. The van der Waals surface area contributed by atoms with Gasteiger partial charge in [-0.3, -0.25) is 9.69 Å². The number of nitrogens with zero attached hydrogens (tertiary/aromatic N) is 2. The molecule has 0 N–H and O–H groups in total. The predicted molar refractivity (Wildman–Crippen MR) is 94.9 cm³/mol. The predicted octanol–water partition coefficient (Wildman–Crippen LogP) is 2.26. The first kappa shape index (κ1) is 17.0. The SMILES string of the molecule is O=C(C1CCCN1Cc1ccccc1)N1CCCC(C2OCCO2)C1. The highest BCUT2D eigenvalue weighted by Gasteiger charge is 2.38. The van der Waals surface area contributed by atoms with Gasteiger partial charge in [-0.05, 0) is 37.8 Å². The van der Waals surface area contributed by atoms with Gasteiger partial charge in [0.15, 0.2) is 6.29 Å². The molecule has 2 unspecified atom stereocenters. The summed E-state index contributed by atoms with van der Waals surface area (Å²) in [5, 5.41) is 0. The number of carbonyl (C=O) groups is 1. The molecule has 0 bridgehead atoms. The third-order valence-electron chi connectivity index (χ3n) is 5.68. The maximum absolute atomic E-state index is 13.2. The fourth-order valence-corrected chi connectivity index (χ4v) is 4.40. The van der Waals surface area contributed by atoms with Crippen molar-refractivity contribution in [1.82, 2.24) is 9.80 Å². The molecule has 5 heteroatoms. The molecule has 3 heterocycles. The first-order valence-corrected chi connectivity index (χ1v) is 9.61. The summed E-state index contributed by atoms with van der Waals surface area (Å²) in [5.41, 5.74) is 1.28. The van der Waals surface area contributed by atoms with Crippen LogP contribution in [-0.2, 0) is 20.8 Å². The van der Waals surface area contributed by atoms with Gasteiger partial charge in [0.25, 0.3) is 0 Å². The van der Waals surface area contributed by atoms with Crippen LogP contribution in [0.15, 0.2) is 30.3 Å². The van der Waals surface area contributed by atoms with Crippen LogP contribution in [0.25, 0.3) is 0 Å². The molecule has 1 aromatic rings. The van der Waals surface area contributed by atoms with Crippen molar-refractivity contribution < 1.29 is 14.3 Å². The second-order valence-corrected chi connectivity index (χ2v) is 7.41. The van der Waals surface area contributed by atoms with Crippen molar-refractivity contribution in [2.24, 2.45) is 5.92 Å². The number of hydrogen-bond donors (Lipinski definition) is 0. The van der Waals surface area contributed by atoms with Gasteiger partial charge >= 0.3 is 0 Å². The summed E-state index contributed by atoms with van der Waals surface area (Å²) in [7, 11) is 0. The molecule has 4 rings (SSSR count). The van der Waals surface area contributed by atoms with E-state index in [0.29, 0.717) is 25.0 Å². The summed E-state index contributed by atoms with van der Waals surface area (Å²) in [6, 6.07) is 10.5. The zero-order valence-electron chi connectivity index (χ0n) is 14.8. The monoisotopic (exact) mass is 344 g/mol. The Bertz CT molecular complexity index is 574. The highest BCUT2D eigenvalue weighted by Crippen LogP contribution is 2.28. The van der Waals surface area contributed by atoms with Crippen molar-refractivity contribution in [2.45, 2.75) is 44.6 Å². The van der Waals surface area contributed by atoms with E-state index in [1.807, 2.05) is 6.07 Å². The van der Waals surface area contributed by atoms with Crippen LogP contribution in [0.5, 0.6) is 0 Å². The van der Waals surface area contributed by atoms with Crippen LogP contribution in [0.4, 0.5) is 0 Å². The lowest BCUT2D eigenvalue weighted by Gasteiger charge is -2.37. The molecule has 25 heavy (non-hydrogen) atoms. The van der Waals surface area contributed by atoms with Crippen molar-refractivity contribution in [3.05, 3.63) is 35.9 Å². The number of amides is 1. The summed E-state index contributed by atoms with van der Waals surface area (Å²) >= 11 is 0. The molecule has 3 saturated heterocycles. The summed E-state index contributed by atoms with van der Waals surface area (Å²) in [4.78, 5) is 17.6. The van der Waals surface area contributed by atoms with E-state index in [2.05, 4.69) is 34.1 Å². The number of likely N-dealkylation sites (tertiary alicyclic amines) is 2. The number of rotatable bonds is 4. The third kappa shape index (κ3) is 3.89. The van der Waals surface area contributed by atoms with Gasteiger partial charge in [0.1, 0.15) is 0 Å². The first-order valence-electron chi connectivity index (χ1n) is 9.61. The minimum atomic E-state index is -0.111. The summed E-state index contributed by atoms with van der Waals surface area (Å²) in [5.74, 6) is 0.625. The molecule has 3 fully saturated rings. The molecule has 0 saturated carbocycles. The van der Waals surface area contributed by atoms with Gasteiger partial charge in [-0.1, -0.05) is 30.3 Å². The molecule has 0 aromatic heterocycles. The van der Waals surface area contributed by atoms with Crippen LogP contribution in [-0.4, -0.2) is 60.9 Å². The number of ether oxygens (including phenoxy) is 2. The highest BCUT2D eigenvalue weighted by atomic mass is 16.7. The van der Waals surface area contributed by atoms with E-state index in [0.717, 1.165) is 51.9 Å². The van der Waals surface area contributed by atoms with Gasteiger partial charge in [-0.25, -0.2) is 0 Å². The summed E-state index contributed by atoms with van der Waals surface area (Å²) in [6.07, 6.45) is 4.11. The fourth-order valence-electron chi connectivity index (χ4n) is 4.40. The Balaban J connectivity index is 1.38. The van der Waals surface area contributed by atoms with Crippen LogP contribution < -0.4 is 0 Å². The Morgan fingerprint density at radius 3 is 2.60 bits per heavy atom. The van der Waals surface area contributed by atoms with Crippen molar-refractivity contribution in [3.8, 4) is 0 Å². The Morgan fingerprint density at radius 2 is 1.80 bits per heavy atom. The zero-order chi connectivity index (χ0) is 17.1. The quantitative estimate of drug-likeness (QED) is 0.840. The van der Waals surface area contributed by atoms with Crippen molar-refractivity contribution in [2.75, 3.05) is 32.8 Å². The molecule has 5 nitrogen and oxygen atoms in total. The number of hydrogen-bond acceptors (Lipinski definition) is 4. The lowest BCUT2D eigenvalue weighted by Crippen LogP contribution is -2.50. The Hall–Kier alpha value is -1.43. The second kappa shape index (κ2) is 7.85. The minimum Gasteiger partial charge on any atom is -0.350 e. The number of carbonyl (C=O) groups excluding carboxylic acids is 1. The van der Waals surface area contributed by atoms with E-state index < -0.39 is 0 Å². The van der Waals surface area contributed by atoms with Crippen LogP contribution in [0.1, 0.15) is 31.2 Å². The van der Waals surface area contributed by atoms with Crippen LogP contribution in [0, 0.1) is 5.92 Å². The summed E-state index contributed by atoms with van der Waals surface area (Å²) < 4.78 is 11.4. The van der Waals surface area contributed by atoms with Gasteiger partial charge in [0.2, 0.25) is 5.91 Å². The van der Waals surface area contributed by atoms with Gasteiger partial charge in [0, 0.05) is 25.6 Å². The standard InChI is InChI=1S/C20H28N2O3/c23-19(22-11-4-8-17(15-22)20-24-12-13-25-20)18-9-5-10-21(18)14-16-6-2-1-3-7-16/h1-3,6-7,17-18,20H,4-5,8-15H2. The normalized spacial score (nSPS) is 28.6. The van der Waals surface area contributed by atoms with Crippen LogP contribution in [0.2, 0.25) is 0 Å². The number of benzene rings is 1. The Labute approximate surface area is 149 Å². The smallest absolute Gasteiger partial charge is 0.239 e. The lowest BCUT2D eigenvalue weighted by atomic mass is 9.96. The Morgan fingerprint density at radius 1 is 1.04 bits per heavy atom. The van der Waals surface area contributed by atoms with Crippen LogP contribution >= 0.6 is 0 Å². The van der Waals surface area contributed by atoms with E-state index in [1.165, 1.54) is 5.56 Å². The fraction of sp³-hybridized carbons (Fsp3) is 0.650. The molecule has 2 atom stereocenters. The third-order valence-corrected chi connectivity index (χ3v) is 5.68. The topological polar surface area (TPSA) is 42.0 Å². The molecule has 0 radical (unpaired) electrons. The molecule has 1 amide bonds. The van der Waals surface area contributed by atoms with E-state index >= 15 is 0 Å². The molecule has 1 aromatic carbocycles. The molecule has 3 aliphatic rings. The van der Waals surface area contributed by atoms with Crippen molar-refractivity contribution in [3.63, 3.8) is 0 Å². The van der Waals surface area contributed by atoms with Gasteiger partial charge < -0.3 is 14.4 Å². The zero-order valence-corrected chi connectivity index (χ0v) is 14.8. The Kier molecular flexibility index (Phi) is 5.34. The lowest BCUT2D eigenvalue weighted by molar-refractivity contribution is -0.143. The van der Waals surface area contributed by atoms with Crippen molar-refractivity contribution >= 4 is 5.91 Å². The van der Waals surface area contributed by atoms with Crippen molar-refractivity contribution in [1.29, 1.82) is 0 Å². The van der Waals surface area contributed by atoms with Gasteiger partial charge in [-0.2, -0.15) is 0 Å². The molecular weight excluding hydrogens is 316 g/mol. The largest absolute Gasteiger partial charge is 0.350 e. The average Bonchev–Trinajstić information content (AvgIpc) is 3.34. The summed E-state index contributed by atoms with van der Waals surface area (Å²) in [6.45, 7) is 4.89. The molecule has 136 valence electrons. The van der Waals surface area contributed by atoms with Crippen LogP contribution in [0.3, 0.4) is 0 Å². The molecule has 3 aliphatic heterocycles. The number of piperidine rings is 1. The first-order chi connectivity index (χ1) is 12.3. The van der Waals surface area contributed by atoms with E-state index in [1.54, 1.807) is 0 Å². The average molecular weight is 344 g/mol. The minimum absolute atomic E-state index is 0.0318. The van der Waals surface area contributed by atoms with E-state index in [9.17, 15) is 4.79 Å². The highest BCUT2D eigenvalue weighted by molar-refractivity contribution is 5.82.